The monoisotopic (exact) mass is 278 g/mol. The summed E-state index contributed by atoms with van der Waals surface area (Å²) in [4.78, 5) is 0. The maximum absolute atomic E-state index is 5.29. The Morgan fingerprint density at radius 3 is 1.60 bits per heavy atom. The maximum atomic E-state index is 5.29. The summed E-state index contributed by atoms with van der Waals surface area (Å²) in [6.07, 6.45) is 21.3. The van der Waals surface area contributed by atoms with Crippen LogP contribution in [0, 0.1) is 0 Å². The molecule has 0 bridgehead atoms. The topological polar surface area (TPSA) is 12.5 Å². The van der Waals surface area contributed by atoms with Crippen molar-refractivity contribution in [3.8, 4) is 0 Å². The SMILES string of the molecule is C=CC1=C(CCCCCCCCCCCCCCC)O1. The van der Waals surface area contributed by atoms with Crippen LogP contribution in [-0.2, 0) is 4.74 Å². The number of ether oxygens (including phenoxy) is 1. The van der Waals surface area contributed by atoms with Crippen molar-refractivity contribution in [1.29, 1.82) is 0 Å². The molecule has 0 N–H and O–H groups in total. The Morgan fingerprint density at radius 2 is 1.20 bits per heavy atom. The van der Waals surface area contributed by atoms with Crippen LogP contribution in [0.5, 0.6) is 0 Å². The summed E-state index contributed by atoms with van der Waals surface area (Å²) in [7, 11) is 0. The molecule has 0 aromatic heterocycles. The molecule has 116 valence electrons. The van der Waals surface area contributed by atoms with Crippen LogP contribution in [0.3, 0.4) is 0 Å². The Bertz CT molecular complexity index is 277. The summed E-state index contributed by atoms with van der Waals surface area (Å²) in [6, 6.07) is 0. The molecule has 1 rings (SSSR count). The number of hydrogen-bond acceptors (Lipinski definition) is 1. The first-order chi connectivity index (χ1) is 9.88. The van der Waals surface area contributed by atoms with E-state index in [1.807, 2.05) is 6.08 Å². The molecule has 1 heterocycles. The van der Waals surface area contributed by atoms with Crippen LogP contribution in [-0.4, -0.2) is 0 Å². The zero-order chi connectivity index (χ0) is 14.5. The molecule has 1 heteroatoms. The standard InChI is InChI=1S/C19H34O/c1-3-5-6-7-8-9-10-11-12-13-14-15-16-17-19-18(4-2)20-19/h4H,2-3,5-17H2,1H3. The van der Waals surface area contributed by atoms with Gasteiger partial charge in [-0.25, -0.2) is 0 Å². The second kappa shape index (κ2) is 12.1. The summed E-state index contributed by atoms with van der Waals surface area (Å²) in [5, 5.41) is 0. The van der Waals surface area contributed by atoms with Crippen LogP contribution in [0.25, 0.3) is 0 Å². The van der Waals surface area contributed by atoms with Gasteiger partial charge in [-0.15, -0.1) is 0 Å². The lowest BCUT2D eigenvalue weighted by Crippen LogP contribution is -1.83. The van der Waals surface area contributed by atoms with Crippen LogP contribution in [0.1, 0.15) is 96.8 Å². The summed E-state index contributed by atoms with van der Waals surface area (Å²) in [5.41, 5.74) is 0. The van der Waals surface area contributed by atoms with Crippen LogP contribution >= 0.6 is 0 Å². The minimum Gasteiger partial charge on any atom is -0.454 e. The zero-order valence-electron chi connectivity index (χ0n) is 13.6. The third-order valence-electron chi connectivity index (χ3n) is 4.16. The summed E-state index contributed by atoms with van der Waals surface area (Å²) >= 11 is 0. The lowest BCUT2D eigenvalue weighted by atomic mass is 10.0. The Kier molecular flexibility index (Phi) is 10.4. The Balaban J connectivity index is 1.69. The highest BCUT2D eigenvalue weighted by atomic mass is 16.6. The highest BCUT2D eigenvalue weighted by molar-refractivity contribution is 5.27. The fraction of sp³-hybridized carbons (Fsp3) is 0.789. The summed E-state index contributed by atoms with van der Waals surface area (Å²) in [6.45, 7) is 5.99. The van der Waals surface area contributed by atoms with Gasteiger partial charge in [-0.1, -0.05) is 90.6 Å². The molecule has 0 fully saturated rings. The molecule has 1 aliphatic heterocycles. The first-order valence-electron chi connectivity index (χ1n) is 8.92. The highest BCUT2D eigenvalue weighted by Gasteiger charge is 2.19. The van der Waals surface area contributed by atoms with Crippen LogP contribution in [0.15, 0.2) is 24.2 Å². The van der Waals surface area contributed by atoms with Gasteiger partial charge >= 0.3 is 0 Å². The van der Waals surface area contributed by atoms with Crippen molar-refractivity contribution >= 4 is 0 Å². The molecule has 0 spiro atoms. The molecule has 0 aliphatic carbocycles. The van der Waals surface area contributed by atoms with Gasteiger partial charge in [-0.2, -0.15) is 0 Å². The molecule has 0 radical (unpaired) electrons. The minimum absolute atomic E-state index is 1.03. The molecule has 0 saturated carbocycles. The van der Waals surface area contributed by atoms with E-state index in [1.54, 1.807) is 0 Å². The van der Waals surface area contributed by atoms with Gasteiger partial charge < -0.3 is 4.74 Å². The van der Waals surface area contributed by atoms with Crippen LogP contribution < -0.4 is 0 Å². The Morgan fingerprint density at radius 1 is 0.750 bits per heavy atom. The van der Waals surface area contributed by atoms with E-state index in [9.17, 15) is 0 Å². The van der Waals surface area contributed by atoms with E-state index >= 15 is 0 Å². The van der Waals surface area contributed by atoms with Crippen molar-refractivity contribution in [3.63, 3.8) is 0 Å². The van der Waals surface area contributed by atoms with Crippen LogP contribution in [0.4, 0.5) is 0 Å². The third-order valence-corrected chi connectivity index (χ3v) is 4.16. The quantitative estimate of drug-likeness (QED) is 0.297. The molecule has 20 heavy (non-hydrogen) atoms. The van der Waals surface area contributed by atoms with Crippen molar-refractivity contribution in [2.24, 2.45) is 0 Å². The zero-order valence-corrected chi connectivity index (χ0v) is 13.6. The van der Waals surface area contributed by atoms with Gasteiger partial charge in [0.15, 0.2) is 5.76 Å². The second-order valence-electron chi connectivity index (χ2n) is 6.09. The fourth-order valence-corrected chi connectivity index (χ4v) is 2.74. The molecule has 0 atom stereocenters. The van der Waals surface area contributed by atoms with Crippen molar-refractivity contribution < 1.29 is 4.74 Å². The van der Waals surface area contributed by atoms with Crippen molar-refractivity contribution in [1.82, 2.24) is 0 Å². The number of unbranched alkanes of at least 4 members (excludes halogenated alkanes) is 12. The van der Waals surface area contributed by atoms with Crippen molar-refractivity contribution in [3.05, 3.63) is 24.2 Å². The van der Waals surface area contributed by atoms with Crippen LogP contribution in [0.2, 0.25) is 0 Å². The smallest absolute Gasteiger partial charge is 0.164 e. The van der Waals surface area contributed by atoms with Gasteiger partial charge in [-0.05, 0) is 12.5 Å². The molecule has 0 aromatic rings. The normalized spacial score (nSPS) is 13.4. The molecule has 1 aliphatic rings. The molecule has 0 unspecified atom stereocenters. The van der Waals surface area contributed by atoms with Gasteiger partial charge in [-0.3, -0.25) is 0 Å². The van der Waals surface area contributed by atoms with E-state index in [0.717, 1.165) is 12.2 Å². The average Bonchev–Trinajstić information content (AvgIpc) is 3.22. The van der Waals surface area contributed by atoms with E-state index in [-0.39, 0.29) is 0 Å². The van der Waals surface area contributed by atoms with Gasteiger partial charge in [0.05, 0.1) is 0 Å². The number of rotatable bonds is 15. The third kappa shape index (κ3) is 9.23. The largest absolute Gasteiger partial charge is 0.454 e. The number of allylic oxidation sites excluding steroid dienone is 2. The second-order valence-corrected chi connectivity index (χ2v) is 6.09. The first kappa shape index (κ1) is 17.3. The Labute approximate surface area is 126 Å². The predicted octanol–water partition coefficient (Wildman–Crippen LogP) is 6.90. The van der Waals surface area contributed by atoms with Gasteiger partial charge in [0.1, 0.15) is 5.76 Å². The van der Waals surface area contributed by atoms with E-state index < -0.39 is 0 Å². The minimum atomic E-state index is 1.03. The highest BCUT2D eigenvalue weighted by Crippen LogP contribution is 2.31. The van der Waals surface area contributed by atoms with Gasteiger partial charge in [0.25, 0.3) is 0 Å². The van der Waals surface area contributed by atoms with E-state index in [2.05, 4.69) is 13.5 Å². The van der Waals surface area contributed by atoms with Gasteiger partial charge in [0, 0.05) is 6.42 Å². The molecule has 0 amide bonds. The Hall–Kier alpha value is -0.720. The molecule has 0 aromatic carbocycles. The van der Waals surface area contributed by atoms with Gasteiger partial charge in [0.2, 0.25) is 0 Å². The average molecular weight is 278 g/mol. The van der Waals surface area contributed by atoms with Crippen molar-refractivity contribution in [2.75, 3.05) is 0 Å². The lowest BCUT2D eigenvalue weighted by molar-refractivity contribution is 0.454. The summed E-state index contributed by atoms with van der Waals surface area (Å²) < 4.78 is 5.29. The predicted molar refractivity (Wildman–Crippen MR) is 88.6 cm³/mol. The molecular formula is C19H34O. The molecule has 0 saturated heterocycles. The maximum Gasteiger partial charge on any atom is 0.164 e. The van der Waals surface area contributed by atoms with E-state index in [1.165, 1.54) is 89.2 Å². The van der Waals surface area contributed by atoms with Crippen molar-refractivity contribution in [2.45, 2.75) is 96.8 Å². The van der Waals surface area contributed by atoms with E-state index in [0.29, 0.717) is 0 Å². The lowest BCUT2D eigenvalue weighted by Gasteiger charge is -2.02. The number of hydrogen-bond donors (Lipinski definition) is 0. The molecular weight excluding hydrogens is 244 g/mol. The first-order valence-corrected chi connectivity index (χ1v) is 8.92. The molecule has 1 nitrogen and oxygen atoms in total. The summed E-state index contributed by atoms with van der Waals surface area (Å²) in [5.74, 6) is 2.21. The van der Waals surface area contributed by atoms with E-state index in [4.69, 9.17) is 4.74 Å². The fourth-order valence-electron chi connectivity index (χ4n) is 2.74.